The average Bonchev–Trinajstić information content (AvgIpc) is 2.89. The van der Waals surface area contributed by atoms with Gasteiger partial charge in [0.2, 0.25) is 5.43 Å². The van der Waals surface area contributed by atoms with Gasteiger partial charge < -0.3 is 24.6 Å². The van der Waals surface area contributed by atoms with Crippen LogP contribution in [0.2, 0.25) is 0 Å². The molecule has 3 atom stereocenters. The molecule has 32 heavy (non-hydrogen) atoms. The molecule has 0 saturated carbocycles. The first-order valence-electron chi connectivity index (χ1n) is 10.9. The summed E-state index contributed by atoms with van der Waals surface area (Å²) in [5, 5.41) is 13.2. The second-order valence-electron chi connectivity index (χ2n) is 8.29. The average molecular weight is 444 g/mol. The van der Waals surface area contributed by atoms with Crippen molar-refractivity contribution in [2.75, 3.05) is 13.7 Å². The summed E-state index contributed by atoms with van der Waals surface area (Å²) in [4.78, 5) is 40.3. The van der Waals surface area contributed by atoms with Crippen LogP contribution in [0.15, 0.2) is 29.2 Å². The summed E-state index contributed by atoms with van der Waals surface area (Å²) < 4.78 is 29.7. The number of aromatic hydroxyl groups is 1. The van der Waals surface area contributed by atoms with Gasteiger partial charge in [0.15, 0.2) is 11.4 Å². The lowest BCUT2D eigenvalue weighted by molar-refractivity contribution is 0.0330. The minimum absolute atomic E-state index is 0.141. The van der Waals surface area contributed by atoms with E-state index in [4.69, 9.17) is 6.11 Å². The van der Waals surface area contributed by atoms with E-state index in [-0.39, 0.29) is 30.4 Å². The van der Waals surface area contributed by atoms with Crippen molar-refractivity contribution < 1.29 is 25.2 Å². The van der Waals surface area contributed by atoms with Gasteiger partial charge >= 0.3 is 0 Å². The van der Waals surface area contributed by atoms with Crippen LogP contribution in [0.4, 0.5) is 4.39 Å². The van der Waals surface area contributed by atoms with Gasteiger partial charge in [-0.25, -0.2) is 4.39 Å². The van der Waals surface area contributed by atoms with Crippen LogP contribution in [0.5, 0.6) is 5.75 Å². The first-order valence-corrected chi connectivity index (χ1v) is 10.4. The molecule has 0 aliphatic carbocycles. The maximum absolute atomic E-state index is 14.1. The molecule has 0 radical (unpaired) electrons. The van der Waals surface area contributed by atoms with Crippen LogP contribution in [0.3, 0.4) is 0 Å². The number of ether oxygens (including phenoxy) is 1. The van der Waals surface area contributed by atoms with Gasteiger partial charge in [-0.3, -0.25) is 14.4 Å². The van der Waals surface area contributed by atoms with Gasteiger partial charge in [-0.1, -0.05) is 12.1 Å². The molecule has 170 valence electrons. The monoisotopic (exact) mass is 444 g/mol. The molecule has 2 aromatic rings. The number of hydrogen-bond acceptors (Lipinski definition) is 5. The number of hydrogen-bond donors (Lipinski definition) is 2. The Balaban J connectivity index is 1.74. The zero-order valence-corrected chi connectivity index (χ0v) is 18.1. The number of halogens is 1. The summed E-state index contributed by atoms with van der Waals surface area (Å²) in [5.74, 6) is -2.70. The van der Waals surface area contributed by atoms with Crippen molar-refractivity contribution >= 4 is 11.8 Å². The zero-order chi connectivity index (χ0) is 24.1. The van der Waals surface area contributed by atoms with Crippen molar-refractivity contribution in [2.45, 2.75) is 51.4 Å². The van der Waals surface area contributed by atoms with E-state index in [0.717, 1.165) is 5.56 Å². The molecule has 2 aliphatic heterocycles. The minimum atomic E-state index is -1.43. The predicted octanol–water partition coefficient (Wildman–Crippen LogP) is 2.13. The van der Waals surface area contributed by atoms with Gasteiger partial charge in [0, 0.05) is 38.0 Å². The Labute approximate surface area is 186 Å². The van der Waals surface area contributed by atoms with Gasteiger partial charge in [0.25, 0.3) is 11.8 Å². The van der Waals surface area contributed by atoms with E-state index >= 15 is 0 Å². The summed E-state index contributed by atoms with van der Waals surface area (Å²) in [6.07, 6.45) is 0.587. The maximum atomic E-state index is 14.1. The minimum Gasteiger partial charge on any atom is -0.503 e. The van der Waals surface area contributed by atoms with Gasteiger partial charge in [-0.05, 0) is 38.3 Å². The number of carbonyl (C=O) groups excluding carboxylic acids is 2. The van der Waals surface area contributed by atoms with E-state index in [2.05, 4.69) is 5.32 Å². The van der Waals surface area contributed by atoms with Gasteiger partial charge in [0.05, 0.1) is 13.5 Å². The Kier molecular flexibility index (Phi) is 5.42. The van der Waals surface area contributed by atoms with E-state index in [1.54, 1.807) is 13.0 Å². The molecule has 0 spiro atoms. The van der Waals surface area contributed by atoms with E-state index in [9.17, 15) is 23.9 Å². The zero-order valence-electron chi connectivity index (χ0n) is 19.1. The first-order chi connectivity index (χ1) is 15.6. The Hall–Kier alpha value is -3.20. The number of aromatic nitrogens is 1. The number of aryl methyl sites for hydroxylation is 1. The smallest absolute Gasteiger partial charge is 0.274 e. The van der Waals surface area contributed by atoms with Crippen LogP contribution >= 0.6 is 0 Å². The molecule has 8 nitrogen and oxygen atoms in total. The van der Waals surface area contributed by atoms with Crippen LogP contribution < -0.4 is 10.7 Å². The highest BCUT2D eigenvalue weighted by atomic mass is 19.1. The lowest BCUT2D eigenvalue weighted by atomic mass is 10.0. The summed E-state index contributed by atoms with van der Waals surface area (Å²) in [5.41, 5.74) is -0.698. The van der Waals surface area contributed by atoms with Crippen LogP contribution in [0, 0.1) is 12.7 Å². The van der Waals surface area contributed by atoms with E-state index in [1.165, 1.54) is 34.9 Å². The predicted molar refractivity (Wildman–Crippen MR) is 114 cm³/mol. The van der Waals surface area contributed by atoms with Crippen molar-refractivity contribution in [1.82, 2.24) is 14.8 Å². The SMILES string of the molecule is [2H][C@]1(OC)CC[C@H](C)N2C[C@H]1n1cc(C(=O)NCc3ccc(C)cc3F)c(=O)c(O)c1C2=O. The summed E-state index contributed by atoms with van der Waals surface area (Å²) in [7, 11) is 1.40. The Morgan fingerprint density at radius 2 is 2.12 bits per heavy atom. The lowest BCUT2D eigenvalue weighted by Crippen LogP contribution is -2.49. The molecule has 1 aromatic heterocycles. The Bertz CT molecular complexity index is 1200. The summed E-state index contributed by atoms with van der Waals surface area (Å²) in [6, 6.07) is 3.62. The van der Waals surface area contributed by atoms with E-state index in [0.29, 0.717) is 12.8 Å². The number of amides is 2. The maximum Gasteiger partial charge on any atom is 0.274 e. The molecule has 2 amide bonds. The van der Waals surface area contributed by atoms with Crippen molar-refractivity contribution in [3.8, 4) is 5.75 Å². The van der Waals surface area contributed by atoms with E-state index < -0.39 is 46.5 Å². The molecule has 1 aromatic carbocycles. The molecule has 2 aliphatic rings. The van der Waals surface area contributed by atoms with Crippen molar-refractivity contribution in [3.05, 3.63) is 62.8 Å². The number of carbonyl (C=O) groups is 2. The van der Waals surface area contributed by atoms with Gasteiger partial charge in [0.1, 0.15) is 11.4 Å². The van der Waals surface area contributed by atoms with Crippen LogP contribution in [-0.2, 0) is 11.3 Å². The molecular formula is C23H26FN3O5. The standard InChI is InChI=1S/C23H26FN3O5/c1-12-4-6-14(16(24)8-12)9-25-22(30)15-10-27-17-11-26(13(2)5-7-18(17)32-3)23(31)19(27)21(29)20(15)28/h4,6,8,10,13,17-18,29H,5,7,9,11H2,1-3H3,(H,25,30)/t13-,17+,18-/m0/s1/i18D. The van der Waals surface area contributed by atoms with Gasteiger partial charge in [-0.2, -0.15) is 0 Å². The summed E-state index contributed by atoms with van der Waals surface area (Å²) >= 11 is 0. The third-order valence-electron chi connectivity index (χ3n) is 6.25. The number of benzene rings is 1. The highest BCUT2D eigenvalue weighted by Crippen LogP contribution is 2.35. The number of nitrogens with zero attached hydrogens (tertiary/aromatic N) is 2. The second-order valence-corrected chi connectivity index (χ2v) is 8.29. The highest BCUT2D eigenvalue weighted by Gasteiger charge is 2.42. The third kappa shape index (κ3) is 3.66. The molecular weight excluding hydrogens is 417 g/mol. The Morgan fingerprint density at radius 3 is 2.81 bits per heavy atom. The topological polar surface area (TPSA) is 101 Å². The molecule has 1 saturated heterocycles. The van der Waals surface area contributed by atoms with Crippen molar-refractivity contribution in [2.24, 2.45) is 0 Å². The van der Waals surface area contributed by atoms with Crippen molar-refractivity contribution in [1.29, 1.82) is 0 Å². The van der Waals surface area contributed by atoms with Gasteiger partial charge in [-0.15, -0.1) is 0 Å². The molecule has 0 unspecified atom stereocenters. The second kappa shape index (κ2) is 8.38. The highest BCUT2D eigenvalue weighted by molar-refractivity contribution is 5.99. The van der Waals surface area contributed by atoms with Crippen LogP contribution in [0.25, 0.3) is 0 Å². The fourth-order valence-corrected chi connectivity index (χ4v) is 4.35. The van der Waals surface area contributed by atoms with Crippen molar-refractivity contribution in [3.63, 3.8) is 0 Å². The quantitative estimate of drug-likeness (QED) is 0.753. The summed E-state index contributed by atoms with van der Waals surface area (Å²) in [6.45, 7) is 3.56. The lowest BCUT2D eigenvalue weighted by Gasteiger charge is -2.38. The fraction of sp³-hybridized carbons (Fsp3) is 0.435. The van der Waals surface area contributed by atoms with Crippen LogP contribution in [0.1, 0.15) is 59.2 Å². The number of nitrogens with one attached hydrogen (secondary N) is 1. The molecule has 4 rings (SSSR count). The number of methoxy groups -OCH3 is 1. The third-order valence-corrected chi connectivity index (χ3v) is 6.25. The number of fused-ring (bicyclic) bond motifs is 4. The van der Waals surface area contributed by atoms with Crippen LogP contribution in [-0.4, -0.2) is 52.2 Å². The largest absolute Gasteiger partial charge is 0.503 e. The first kappa shape index (κ1) is 20.7. The van der Waals surface area contributed by atoms with E-state index in [1.807, 2.05) is 6.92 Å². The molecule has 2 bridgehead atoms. The normalized spacial score (nSPS) is 25.1. The molecule has 9 heteroatoms. The molecule has 1 fully saturated rings. The number of pyridine rings is 1. The Morgan fingerprint density at radius 1 is 1.38 bits per heavy atom. The molecule has 3 heterocycles. The fourth-order valence-electron chi connectivity index (χ4n) is 4.35. The molecule has 2 N–H and O–H groups in total. The number of rotatable bonds is 4.